The van der Waals surface area contributed by atoms with Gasteiger partial charge >= 0.3 is 0 Å². The fourth-order valence-electron chi connectivity index (χ4n) is 1.07. The van der Waals surface area contributed by atoms with Gasteiger partial charge in [-0.15, -0.1) is 0 Å². The second-order valence-corrected chi connectivity index (χ2v) is 2.72. The van der Waals surface area contributed by atoms with Crippen molar-refractivity contribution in [1.29, 1.82) is 0 Å². The van der Waals surface area contributed by atoms with Crippen molar-refractivity contribution in [3.63, 3.8) is 0 Å². The van der Waals surface area contributed by atoms with Crippen molar-refractivity contribution in [3.05, 3.63) is 0 Å². The third-order valence-electron chi connectivity index (χ3n) is 1.69. The molecule has 1 atom stereocenters. The highest BCUT2D eigenvalue weighted by atomic mass is 16.7. The zero-order valence-electron chi connectivity index (χ0n) is 8.69. The summed E-state index contributed by atoms with van der Waals surface area (Å²) in [6, 6.07) is 0. The molecule has 0 spiro atoms. The third-order valence-corrected chi connectivity index (χ3v) is 1.69. The van der Waals surface area contributed by atoms with E-state index in [9.17, 15) is 0 Å². The molecule has 0 amide bonds. The van der Waals surface area contributed by atoms with E-state index in [0.717, 1.165) is 0 Å². The molecule has 0 aliphatic carbocycles. The van der Waals surface area contributed by atoms with Crippen LogP contribution in [0.2, 0.25) is 0 Å². The Kier molecular flexibility index (Phi) is 5.51. The van der Waals surface area contributed by atoms with Crippen LogP contribution < -0.4 is 0 Å². The first-order valence-corrected chi connectivity index (χ1v) is 4.77. The van der Waals surface area contributed by atoms with Gasteiger partial charge in [0.2, 0.25) is 12.2 Å². The van der Waals surface area contributed by atoms with Crippen molar-refractivity contribution in [2.24, 2.45) is 4.99 Å². The number of ether oxygens (including phenoxy) is 4. The monoisotopic (exact) mass is 203 g/mol. The lowest BCUT2D eigenvalue weighted by Crippen LogP contribution is -2.29. The highest BCUT2D eigenvalue weighted by Gasteiger charge is 2.21. The fraction of sp³-hybridized carbons (Fsp3) is 0.889. The van der Waals surface area contributed by atoms with Gasteiger partial charge in [-0.3, -0.25) is 0 Å². The summed E-state index contributed by atoms with van der Waals surface area (Å²) in [5.74, 6) is 0.544. The van der Waals surface area contributed by atoms with Crippen LogP contribution in [0.3, 0.4) is 0 Å². The van der Waals surface area contributed by atoms with Crippen LogP contribution in [0.15, 0.2) is 4.99 Å². The van der Waals surface area contributed by atoms with Crippen LogP contribution >= 0.6 is 0 Å². The third kappa shape index (κ3) is 3.61. The van der Waals surface area contributed by atoms with E-state index in [-0.39, 0.29) is 0 Å². The lowest BCUT2D eigenvalue weighted by Gasteiger charge is -2.16. The summed E-state index contributed by atoms with van der Waals surface area (Å²) in [4.78, 5) is 4.14. The summed E-state index contributed by atoms with van der Waals surface area (Å²) in [5.41, 5.74) is 0. The Labute approximate surface area is 84.0 Å². The quantitative estimate of drug-likeness (QED) is 0.445. The lowest BCUT2D eigenvalue weighted by atomic mass is 10.6. The van der Waals surface area contributed by atoms with Crippen molar-refractivity contribution < 1.29 is 18.9 Å². The number of hydrogen-bond donors (Lipinski definition) is 0. The van der Waals surface area contributed by atoms with Gasteiger partial charge in [-0.2, -0.15) is 0 Å². The average Bonchev–Trinajstić information content (AvgIpc) is 2.70. The van der Waals surface area contributed by atoms with Crippen LogP contribution in [-0.4, -0.2) is 52.3 Å². The first kappa shape index (κ1) is 11.4. The van der Waals surface area contributed by atoms with E-state index in [0.29, 0.717) is 38.9 Å². The smallest absolute Gasteiger partial charge is 0.242 e. The number of aliphatic imine (C=N–C) groups is 1. The molecule has 1 unspecified atom stereocenters. The van der Waals surface area contributed by atoms with E-state index in [2.05, 4.69) is 4.99 Å². The topological polar surface area (TPSA) is 49.3 Å². The minimum absolute atomic E-state index is 0.474. The molecule has 14 heavy (non-hydrogen) atoms. The van der Waals surface area contributed by atoms with E-state index >= 15 is 0 Å². The molecule has 0 aromatic carbocycles. The predicted molar refractivity (Wildman–Crippen MR) is 51.5 cm³/mol. The molecule has 5 heteroatoms. The Morgan fingerprint density at radius 3 is 2.86 bits per heavy atom. The van der Waals surface area contributed by atoms with Gasteiger partial charge in [0.1, 0.15) is 6.61 Å². The zero-order valence-corrected chi connectivity index (χ0v) is 8.69. The summed E-state index contributed by atoms with van der Waals surface area (Å²) in [6.07, 6.45) is -0.474. The summed E-state index contributed by atoms with van der Waals surface area (Å²) in [6.45, 7) is 4.79. The SMILES string of the molecule is CCOC(OCCOC)C1=NCCO1. The van der Waals surface area contributed by atoms with E-state index in [1.54, 1.807) is 7.11 Å². The Morgan fingerprint density at radius 1 is 1.43 bits per heavy atom. The Morgan fingerprint density at radius 2 is 2.29 bits per heavy atom. The molecule has 0 N–H and O–H groups in total. The molecule has 0 bridgehead atoms. The Hall–Kier alpha value is -0.650. The van der Waals surface area contributed by atoms with E-state index in [1.807, 2.05) is 6.92 Å². The molecule has 1 aliphatic rings. The number of methoxy groups -OCH3 is 1. The first-order valence-electron chi connectivity index (χ1n) is 4.77. The van der Waals surface area contributed by atoms with Crippen LogP contribution in [0.1, 0.15) is 6.92 Å². The zero-order chi connectivity index (χ0) is 10.2. The highest BCUT2D eigenvalue weighted by molar-refractivity contribution is 5.80. The molecule has 82 valence electrons. The maximum Gasteiger partial charge on any atom is 0.242 e. The predicted octanol–water partition coefficient (Wildman–Crippen LogP) is 0.441. The lowest BCUT2D eigenvalue weighted by molar-refractivity contribution is -0.112. The van der Waals surface area contributed by atoms with Gasteiger partial charge in [-0.05, 0) is 6.92 Å². The number of nitrogens with zero attached hydrogens (tertiary/aromatic N) is 1. The maximum absolute atomic E-state index is 5.40. The van der Waals surface area contributed by atoms with Gasteiger partial charge in [-0.1, -0.05) is 0 Å². The van der Waals surface area contributed by atoms with E-state index in [4.69, 9.17) is 18.9 Å². The van der Waals surface area contributed by atoms with Crippen LogP contribution in [0.5, 0.6) is 0 Å². The molecule has 1 aliphatic heterocycles. The second kappa shape index (κ2) is 6.75. The van der Waals surface area contributed by atoms with Gasteiger partial charge in [0, 0.05) is 13.7 Å². The normalized spacial score (nSPS) is 17.7. The number of rotatable bonds is 7. The molecule has 0 fully saturated rings. The first-order chi connectivity index (χ1) is 6.88. The molecule has 1 rings (SSSR count). The molecule has 0 aromatic rings. The Balaban J connectivity index is 2.30. The van der Waals surface area contributed by atoms with Gasteiger partial charge in [0.05, 0.1) is 19.8 Å². The maximum atomic E-state index is 5.40. The van der Waals surface area contributed by atoms with Crippen molar-refractivity contribution in [2.75, 3.05) is 40.1 Å². The molecular weight excluding hydrogens is 186 g/mol. The van der Waals surface area contributed by atoms with Crippen molar-refractivity contribution in [3.8, 4) is 0 Å². The number of hydrogen-bond acceptors (Lipinski definition) is 5. The van der Waals surface area contributed by atoms with Gasteiger partial charge in [0.25, 0.3) is 0 Å². The molecular formula is C9H17NO4. The highest BCUT2D eigenvalue weighted by Crippen LogP contribution is 2.05. The van der Waals surface area contributed by atoms with Gasteiger partial charge in [-0.25, -0.2) is 4.99 Å². The van der Waals surface area contributed by atoms with Crippen LogP contribution in [0, 0.1) is 0 Å². The van der Waals surface area contributed by atoms with Crippen LogP contribution in [0.25, 0.3) is 0 Å². The van der Waals surface area contributed by atoms with Gasteiger partial charge in [0.15, 0.2) is 0 Å². The molecule has 0 aromatic heterocycles. The molecule has 0 saturated carbocycles. The summed E-state index contributed by atoms with van der Waals surface area (Å²) >= 11 is 0. The standard InChI is InChI=1S/C9H17NO4/c1-3-12-9(14-7-6-11-2)8-10-4-5-13-8/h9H,3-7H2,1-2H3. The van der Waals surface area contributed by atoms with E-state index < -0.39 is 6.29 Å². The Bertz CT molecular complexity index is 184. The minimum atomic E-state index is -0.474. The van der Waals surface area contributed by atoms with E-state index in [1.165, 1.54) is 0 Å². The molecule has 0 radical (unpaired) electrons. The molecule has 5 nitrogen and oxygen atoms in total. The van der Waals surface area contributed by atoms with Crippen molar-refractivity contribution >= 4 is 5.90 Å². The van der Waals surface area contributed by atoms with Crippen molar-refractivity contribution in [2.45, 2.75) is 13.2 Å². The summed E-state index contributed by atoms with van der Waals surface area (Å²) < 4.78 is 20.9. The summed E-state index contributed by atoms with van der Waals surface area (Å²) in [7, 11) is 1.63. The average molecular weight is 203 g/mol. The molecule has 0 saturated heterocycles. The summed E-state index contributed by atoms with van der Waals surface area (Å²) in [5, 5.41) is 0. The second-order valence-electron chi connectivity index (χ2n) is 2.72. The van der Waals surface area contributed by atoms with Crippen molar-refractivity contribution in [1.82, 2.24) is 0 Å². The van der Waals surface area contributed by atoms with Gasteiger partial charge < -0.3 is 18.9 Å². The van der Waals surface area contributed by atoms with Crippen LogP contribution in [0.4, 0.5) is 0 Å². The minimum Gasteiger partial charge on any atom is -0.475 e. The fourth-order valence-corrected chi connectivity index (χ4v) is 1.07. The van der Waals surface area contributed by atoms with Crippen LogP contribution in [-0.2, 0) is 18.9 Å². The molecule has 1 heterocycles. The largest absolute Gasteiger partial charge is 0.475 e.